The zero-order valence-corrected chi connectivity index (χ0v) is 17.8. The molecule has 2 heterocycles. The number of aryl methyl sites for hydroxylation is 1. The number of amides is 1. The molecule has 1 aromatic carbocycles. The number of likely N-dealkylation sites (N-methyl/N-ethyl adjacent to an activating group) is 1. The maximum atomic E-state index is 13.7. The number of piperidine rings is 1. The van der Waals surface area contributed by atoms with Crippen LogP contribution in [0, 0.1) is 24.2 Å². The second-order valence-electron chi connectivity index (χ2n) is 10.4. The Labute approximate surface area is 165 Å². The lowest BCUT2D eigenvalue weighted by Crippen LogP contribution is -2.49. The number of hydrogen-bond acceptors (Lipinski definition) is 2. The highest BCUT2D eigenvalue weighted by molar-refractivity contribution is 5.98. The Morgan fingerprint density at radius 1 is 1.07 bits per heavy atom. The summed E-state index contributed by atoms with van der Waals surface area (Å²) in [4.78, 5) is 18.3. The fourth-order valence-corrected chi connectivity index (χ4v) is 5.77. The molecule has 3 nitrogen and oxygen atoms in total. The van der Waals surface area contributed by atoms with Crippen molar-refractivity contribution in [3.63, 3.8) is 0 Å². The van der Waals surface area contributed by atoms with E-state index in [-0.39, 0.29) is 5.92 Å². The summed E-state index contributed by atoms with van der Waals surface area (Å²) in [5.41, 5.74) is 4.28. The van der Waals surface area contributed by atoms with Crippen molar-refractivity contribution in [1.29, 1.82) is 0 Å². The SMILES string of the molecule is Cc1ccc2c(c1)[C@@H]1CN(C)CC[C@H]1N2C(=O)C1CCC(C(C)(C)C)CC1. The molecule has 0 bridgehead atoms. The third-order valence-electron chi connectivity index (χ3n) is 7.49. The normalized spacial score (nSPS) is 31.5. The molecule has 1 aromatic rings. The lowest BCUT2D eigenvalue weighted by Gasteiger charge is -2.40. The largest absolute Gasteiger partial charge is 0.308 e. The minimum Gasteiger partial charge on any atom is -0.308 e. The number of likely N-dealkylation sites (tertiary alicyclic amines) is 1. The van der Waals surface area contributed by atoms with E-state index in [0.717, 1.165) is 38.3 Å². The Balaban J connectivity index is 1.57. The fourth-order valence-electron chi connectivity index (χ4n) is 5.77. The van der Waals surface area contributed by atoms with E-state index in [4.69, 9.17) is 0 Å². The number of carbonyl (C=O) groups excluding carboxylic acids is 1. The molecule has 148 valence electrons. The van der Waals surface area contributed by atoms with Crippen LogP contribution >= 0.6 is 0 Å². The van der Waals surface area contributed by atoms with Crippen LogP contribution in [0.25, 0.3) is 0 Å². The molecule has 3 heteroatoms. The van der Waals surface area contributed by atoms with E-state index in [9.17, 15) is 4.79 Å². The van der Waals surface area contributed by atoms with Crippen molar-refractivity contribution < 1.29 is 4.79 Å². The van der Waals surface area contributed by atoms with E-state index in [2.05, 4.69) is 62.7 Å². The summed E-state index contributed by atoms with van der Waals surface area (Å²) in [7, 11) is 2.21. The number of rotatable bonds is 1. The quantitative estimate of drug-likeness (QED) is 0.698. The predicted octanol–water partition coefficient (Wildman–Crippen LogP) is 4.98. The van der Waals surface area contributed by atoms with Crippen molar-refractivity contribution >= 4 is 11.6 Å². The molecular weight excluding hydrogens is 332 g/mol. The van der Waals surface area contributed by atoms with Crippen molar-refractivity contribution in [3.05, 3.63) is 29.3 Å². The van der Waals surface area contributed by atoms with E-state index < -0.39 is 0 Å². The van der Waals surface area contributed by atoms with Crippen LogP contribution in [-0.2, 0) is 4.79 Å². The van der Waals surface area contributed by atoms with Crippen molar-refractivity contribution in [2.45, 2.75) is 71.8 Å². The molecule has 0 aromatic heterocycles. The zero-order chi connectivity index (χ0) is 19.3. The summed E-state index contributed by atoms with van der Waals surface area (Å²) in [5.74, 6) is 1.86. The van der Waals surface area contributed by atoms with Gasteiger partial charge in [-0.2, -0.15) is 0 Å². The third kappa shape index (κ3) is 3.44. The van der Waals surface area contributed by atoms with Gasteiger partial charge in [0.1, 0.15) is 0 Å². The van der Waals surface area contributed by atoms with Crippen molar-refractivity contribution in [3.8, 4) is 0 Å². The molecule has 1 amide bonds. The lowest BCUT2D eigenvalue weighted by atomic mass is 9.69. The second kappa shape index (κ2) is 6.92. The molecule has 0 radical (unpaired) electrons. The van der Waals surface area contributed by atoms with Gasteiger partial charge in [-0.1, -0.05) is 38.5 Å². The molecule has 3 aliphatic rings. The Bertz CT molecular complexity index is 712. The molecule has 0 N–H and O–H groups in total. The number of benzene rings is 1. The minimum atomic E-state index is 0.219. The number of nitrogens with zero attached hydrogens (tertiary/aromatic N) is 2. The summed E-state index contributed by atoms with van der Waals surface area (Å²) in [5, 5.41) is 0. The van der Waals surface area contributed by atoms with Crippen LogP contribution in [0.4, 0.5) is 5.69 Å². The van der Waals surface area contributed by atoms with E-state index >= 15 is 0 Å². The maximum absolute atomic E-state index is 13.7. The van der Waals surface area contributed by atoms with Gasteiger partial charge in [-0.25, -0.2) is 0 Å². The molecule has 2 aliphatic heterocycles. The van der Waals surface area contributed by atoms with E-state index in [1.165, 1.54) is 29.7 Å². The average molecular weight is 369 g/mol. The van der Waals surface area contributed by atoms with Crippen LogP contribution in [0.3, 0.4) is 0 Å². The Hall–Kier alpha value is -1.35. The first-order valence-electron chi connectivity index (χ1n) is 10.9. The van der Waals surface area contributed by atoms with E-state index in [0.29, 0.717) is 23.3 Å². The van der Waals surface area contributed by atoms with E-state index in [1.807, 2.05) is 0 Å². The zero-order valence-electron chi connectivity index (χ0n) is 17.8. The Kier molecular flexibility index (Phi) is 4.86. The van der Waals surface area contributed by atoms with Crippen molar-refractivity contribution in [1.82, 2.24) is 4.90 Å². The first-order chi connectivity index (χ1) is 12.8. The molecule has 0 spiro atoms. The Morgan fingerprint density at radius 2 is 1.78 bits per heavy atom. The summed E-state index contributed by atoms with van der Waals surface area (Å²) < 4.78 is 0. The molecule has 4 rings (SSSR count). The smallest absolute Gasteiger partial charge is 0.230 e. The van der Waals surface area contributed by atoms with Gasteiger partial charge in [0, 0.05) is 30.1 Å². The van der Waals surface area contributed by atoms with Gasteiger partial charge in [0.15, 0.2) is 0 Å². The van der Waals surface area contributed by atoms with Gasteiger partial charge in [0.2, 0.25) is 5.91 Å². The predicted molar refractivity (Wildman–Crippen MR) is 112 cm³/mol. The summed E-state index contributed by atoms with van der Waals surface area (Å²) in [6.45, 7) is 11.4. The molecule has 27 heavy (non-hydrogen) atoms. The topological polar surface area (TPSA) is 23.6 Å². The van der Waals surface area contributed by atoms with Crippen LogP contribution in [0.5, 0.6) is 0 Å². The number of carbonyl (C=O) groups is 1. The van der Waals surface area contributed by atoms with Gasteiger partial charge in [-0.05, 0) is 75.6 Å². The second-order valence-corrected chi connectivity index (χ2v) is 10.4. The van der Waals surface area contributed by atoms with Crippen LogP contribution in [0.1, 0.15) is 69.9 Å². The highest BCUT2D eigenvalue weighted by Crippen LogP contribution is 2.47. The highest BCUT2D eigenvalue weighted by Gasteiger charge is 2.46. The molecule has 2 fully saturated rings. The van der Waals surface area contributed by atoms with E-state index in [1.54, 1.807) is 0 Å². The first-order valence-corrected chi connectivity index (χ1v) is 10.9. The number of anilines is 1. The fraction of sp³-hybridized carbons (Fsp3) is 0.708. The van der Waals surface area contributed by atoms with Crippen molar-refractivity contribution in [2.24, 2.45) is 17.3 Å². The number of fused-ring (bicyclic) bond motifs is 3. The lowest BCUT2D eigenvalue weighted by molar-refractivity contribution is -0.124. The van der Waals surface area contributed by atoms with Gasteiger partial charge in [-0.3, -0.25) is 4.79 Å². The van der Waals surface area contributed by atoms with Crippen LogP contribution in [0.2, 0.25) is 0 Å². The highest BCUT2D eigenvalue weighted by atomic mass is 16.2. The monoisotopic (exact) mass is 368 g/mol. The first kappa shape index (κ1) is 19.0. The third-order valence-corrected chi connectivity index (χ3v) is 7.49. The van der Waals surface area contributed by atoms with Crippen LogP contribution < -0.4 is 4.90 Å². The summed E-state index contributed by atoms with van der Waals surface area (Å²) in [6.07, 6.45) is 5.63. The molecule has 2 atom stereocenters. The van der Waals surface area contributed by atoms with Crippen LogP contribution in [-0.4, -0.2) is 37.0 Å². The Morgan fingerprint density at radius 3 is 2.44 bits per heavy atom. The van der Waals surface area contributed by atoms with Crippen molar-refractivity contribution in [2.75, 3.05) is 25.0 Å². The minimum absolute atomic E-state index is 0.219. The molecule has 1 saturated carbocycles. The molecule has 1 aliphatic carbocycles. The van der Waals surface area contributed by atoms with Gasteiger partial charge >= 0.3 is 0 Å². The molecular formula is C24H36N2O. The van der Waals surface area contributed by atoms with Gasteiger partial charge in [0.05, 0.1) is 0 Å². The van der Waals surface area contributed by atoms with Gasteiger partial charge < -0.3 is 9.80 Å². The maximum Gasteiger partial charge on any atom is 0.230 e. The van der Waals surface area contributed by atoms with Crippen LogP contribution in [0.15, 0.2) is 18.2 Å². The summed E-state index contributed by atoms with van der Waals surface area (Å²) in [6, 6.07) is 7.08. The van der Waals surface area contributed by atoms with Gasteiger partial charge in [-0.15, -0.1) is 0 Å². The molecule has 1 saturated heterocycles. The average Bonchev–Trinajstić information content (AvgIpc) is 2.93. The number of hydrogen-bond donors (Lipinski definition) is 0. The summed E-state index contributed by atoms with van der Waals surface area (Å²) >= 11 is 0. The standard InChI is InChI=1S/C24H36N2O/c1-16-6-11-21-19(14-16)20-15-25(5)13-12-22(20)26(21)23(27)17-7-9-18(10-8-17)24(2,3)4/h6,11,14,17-18,20,22H,7-10,12-13,15H2,1-5H3/t17?,18?,20-,22+/m0/s1. The van der Waals surface area contributed by atoms with Gasteiger partial charge in [0.25, 0.3) is 0 Å². The molecule has 0 unspecified atom stereocenters.